The van der Waals surface area contributed by atoms with Crippen molar-refractivity contribution < 1.29 is 9.53 Å². The minimum atomic E-state index is -0.581. The zero-order chi connectivity index (χ0) is 19.0. The summed E-state index contributed by atoms with van der Waals surface area (Å²) < 4.78 is 7.78. The van der Waals surface area contributed by atoms with Crippen molar-refractivity contribution in [2.24, 2.45) is 20.0 Å². The topological polar surface area (TPSA) is 99.6 Å². The second kappa shape index (κ2) is 6.86. The molecule has 1 fully saturated rings. The number of anilines is 2. The Bertz CT molecular complexity index is 968. The summed E-state index contributed by atoms with van der Waals surface area (Å²) in [5.74, 6) is -0.228. The van der Waals surface area contributed by atoms with E-state index in [1.54, 1.807) is 27.1 Å². The summed E-state index contributed by atoms with van der Waals surface area (Å²) in [6, 6.07) is 3.57. The second-order valence-corrected chi connectivity index (χ2v) is 6.64. The molecule has 1 aromatic heterocycles. The van der Waals surface area contributed by atoms with E-state index in [9.17, 15) is 14.4 Å². The first-order valence-corrected chi connectivity index (χ1v) is 8.76. The number of nitrogens with two attached hydrogens (primary N) is 1. The summed E-state index contributed by atoms with van der Waals surface area (Å²) in [6.07, 6.45) is 1.39. The Morgan fingerprint density at radius 1 is 1.12 bits per heavy atom. The first kappa shape index (κ1) is 18.0. The number of carbonyl (C=O) groups excluding carboxylic acids is 1. The fourth-order valence-electron chi connectivity index (χ4n) is 3.52. The first-order chi connectivity index (χ1) is 12.3. The number of benzene rings is 1. The van der Waals surface area contributed by atoms with E-state index in [-0.39, 0.29) is 11.9 Å². The Hall–Kier alpha value is -2.77. The van der Waals surface area contributed by atoms with Gasteiger partial charge in [0.25, 0.3) is 0 Å². The molecule has 0 spiro atoms. The van der Waals surface area contributed by atoms with Crippen LogP contribution in [0.2, 0.25) is 0 Å². The van der Waals surface area contributed by atoms with E-state index in [1.807, 2.05) is 6.07 Å². The van der Waals surface area contributed by atoms with E-state index in [0.29, 0.717) is 49.3 Å². The SMILES string of the molecule is CCOC(=O)C1CCN(c2cc3c(cc2N)n(C)c(=O)c(=O)n3C)CC1. The molecule has 0 saturated carbocycles. The average molecular weight is 360 g/mol. The maximum Gasteiger partial charge on any atom is 0.316 e. The van der Waals surface area contributed by atoms with E-state index in [0.717, 1.165) is 5.69 Å². The maximum atomic E-state index is 12.1. The molecule has 0 radical (unpaired) electrons. The van der Waals surface area contributed by atoms with Gasteiger partial charge in [0, 0.05) is 27.2 Å². The monoisotopic (exact) mass is 360 g/mol. The van der Waals surface area contributed by atoms with Crippen molar-refractivity contribution in [3.63, 3.8) is 0 Å². The quantitative estimate of drug-likeness (QED) is 0.489. The van der Waals surface area contributed by atoms with Gasteiger partial charge in [-0.25, -0.2) is 0 Å². The minimum absolute atomic E-state index is 0.0851. The van der Waals surface area contributed by atoms with E-state index >= 15 is 0 Å². The lowest BCUT2D eigenvalue weighted by Crippen LogP contribution is -2.40. The number of nitrogen functional groups attached to an aromatic ring is 1. The number of fused-ring (bicyclic) bond motifs is 1. The van der Waals surface area contributed by atoms with Crippen molar-refractivity contribution in [2.75, 3.05) is 30.3 Å². The van der Waals surface area contributed by atoms with Crippen LogP contribution < -0.4 is 21.8 Å². The molecule has 3 rings (SSSR count). The third-order valence-electron chi connectivity index (χ3n) is 5.09. The Morgan fingerprint density at radius 2 is 1.65 bits per heavy atom. The number of aryl methyl sites for hydroxylation is 2. The predicted octanol–water partition coefficient (Wildman–Crippen LogP) is 0.599. The lowest BCUT2D eigenvalue weighted by Gasteiger charge is -2.33. The zero-order valence-electron chi connectivity index (χ0n) is 15.3. The normalized spacial score (nSPS) is 15.4. The van der Waals surface area contributed by atoms with Gasteiger partial charge in [0.05, 0.1) is 34.9 Å². The van der Waals surface area contributed by atoms with Crippen molar-refractivity contribution in [3.8, 4) is 0 Å². The maximum absolute atomic E-state index is 12.1. The van der Waals surface area contributed by atoms with Crippen molar-refractivity contribution in [1.82, 2.24) is 9.13 Å². The Kier molecular flexibility index (Phi) is 4.76. The van der Waals surface area contributed by atoms with Crippen LogP contribution in [0.3, 0.4) is 0 Å². The molecular formula is C18H24N4O4. The number of rotatable bonds is 3. The van der Waals surface area contributed by atoms with Crippen LogP contribution in [-0.2, 0) is 23.6 Å². The highest BCUT2D eigenvalue weighted by Crippen LogP contribution is 2.31. The number of hydrogen-bond donors (Lipinski definition) is 1. The van der Waals surface area contributed by atoms with Crippen LogP contribution in [0, 0.1) is 5.92 Å². The third-order valence-corrected chi connectivity index (χ3v) is 5.09. The molecular weight excluding hydrogens is 336 g/mol. The van der Waals surface area contributed by atoms with Crippen LogP contribution in [0.1, 0.15) is 19.8 Å². The number of aromatic nitrogens is 2. The van der Waals surface area contributed by atoms with Gasteiger partial charge in [-0.05, 0) is 31.9 Å². The van der Waals surface area contributed by atoms with Crippen LogP contribution in [0.25, 0.3) is 11.0 Å². The van der Waals surface area contributed by atoms with Gasteiger partial charge < -0.3 is 24.5 Å². The highest BCUT2D eigenvalue weighted by atomic mass is 16.5. The van der Waals surface area contributed by atoms with Crippen LogP contribution in [0.4, 0.5) is 11.4 Å². The lowest BCUT2D eigenvalue weighted by atomic mass is 9.96. The molecule has 1 aliphatic rings. The molecule has 0 bridgehead atoms. The Morgan fingerprint density at radius 3 is 2.19 bits per heavy atom. The van der Waals surface area contributed by atoms with Crippen molar-refractivity contribution >= 4 is 28.4 Å². The number of piperidine rings is 1. The summed E-state index contributed by atoms with van der Waals surface area (Å²) in [5.41, 5.74) is 7.69. The molecule has 2 aromatic rings. The minimum Gasteiger partial charge on any atom is -0.466 e. The molecule has 26 heavy (non-hydrogen) atoms. The molecule has 2 heterocycles. The van der Waals surface area contributed by atoms with E-state index in [1.165, 1.54) is 9.13 Å². The average Bonchev–Trinajstić information content (AvgIpc) is 2.64. The van der Waals surface area contributed by atoms with E-state index < -0.39 is 11.1 Å². The van der Waals surface area contributed by atoms with Gasteiger partial charge in [-0.2, -0.15) is 0 Å². The van der Waals surface area contributed by atoms with Gasteiger partial charge in [0.2, 0.25) is 0 Å². The lowest BCUT2D eigenvalue weighted by molar-refractivity contribution is -0.148. The number of carbonyl (C=O) groups is 1. The summed E-state index contributed by atoms with van der Waals surface area (Å²) in [4.78, 5) is 38.1. The largest absolute Gasteiger partial charge is 0.466 e. The van der Waals surface area contributed by atoms with Crippen molar-refractivity contribution in [3.05, 3.63) is 32.8 Å². The van der Waals surface area contributed by atoms with E-state index in [4.69, 9.17) is 10.5 Å². The molecule has 1 saturated heterocycles. The molecule has 0 unspecified atom stereocenters. The molecule has 2 N–H and O–H groups in total. The third kappa shape index (κ3) is 2.95. The van der Waals surface area contributed by atoms with Gasteiger partial charge >= 0.3 is 17.1 Å². The van der Waals surface area contributed by atoms with E-state index in [2.05, 4.69) is 4.90 Å². The smallest absolute Gasteiger partial charge is 0.316 e. The summed E-state index contributed by atoms with van der Waals surface area (Å²) in [7, 11) is 3.15. The summed E-state index contributed by atoms with van der Waals surface area (Å²) in [5, 5.41) is 0. The number of esters is 1. The Labute approximate surface area is 150 Å². The Balaban J connectivity index is 1.95. The van der Waals surface area contributed by atoms with Gasteiger partial charge in [0.1, 0.15) is 0 Å². The predicted molar refractivity (Wildman–Crippen MR) is 100 cm³/mol. The van der Waals surface area contributed by atoms with Gasteiger partial charge in [-0.15, -0.1) is 0 Å². The first-order valence-electron chi connectivity index (χ1n) is 8.76. The van der Waals surface area contributed by atoms with Crippen LogP contribution in [0.15, 0.2) is 21.7 Å². The highest BCUT2D eigenvalue weighted by molar-refractivity contribution is 5.87. The molecule has 0 aliphatic carbocycles. The summed E-state index contributed by atoms with van der Waals surface area (Å²) >= 11 is 0. The molecule has 1 aromatic carbocycles. The number of ether oxygens (including phenoxy) is 1. The van der Waals surface area contributed by atoms with Crippen molar-refractivity contribution in [2.45, 2.75) is 19.8 Å². The fraction of sp³-hybridized carbons (Fsp3) is 0.500. The molecule has 140 valence electrons. The molecule has 8 heteroatoms. The highest BCUT2D eigenvalue weighted by Gasteiger charge is 2.27. The summed E-state index contributed by atoms with van der Waals surface area (Å²) in [6.45, 7) is 3.56. The van der Waals surface area contributed by atoms with Crippen LogP contribution >= 0.6 is 0 Å². The van der Waals surface area contributed by atoms with Crippen molar-refractivity contribution in [1.29, 1.82) is 0 Å². The van der Waals surface area contributed by atoms with Gasteiger partial charge in [0.15, 0.2) is 0 Å². The fourth-order valence-corrected chi connectivity index (χ4v) is 3.52. The zero-order valence-corrected chi connectivity index (χ0v) is 15.3. The van der Waals surface area contributed by atoms with Crippen LogP contribution in [0.5, 0.6) is 0 Å². The molecule has 8 nitrogen and oxygen atoms in total. The standard InChI is InChI=1S/C18H24N4O4/c1-4-26-18(25)11-5-7-22(8-6-11)13-10-15-14(9-12(13)19)20(2)16(23)17(24)21(15)3/h9-11H,4-8,19H2,1-3H3. The second-order valence-electron chi connectivity index (χ2n) is 6.64. The molecule has 0 atom stereocenters. The van der Waals surface area contributed by atoms with Crippen LogP contribution in [-0.4, -0.2) is 34.8 Å². The molecule has 0 amide bonds. The molecule has 1 aliphatic heterocycles. The van der Waals surface area contributed by atoms with Gasteiger partial charge in [-0.1, -0.05) is 0 Å². The van der Waals surface area contributed by atoms with Gasteiger partial charge in [-0.3, -0.25) is 14.4 Å². The number of hydrogen-bond acceptors (Lipinski definition) is 6. The number of nitrogens with zero attached hydrogens (tertiary/aromatic N) is 3.